The molecular weight excluding hydrogens is 311 g/mol. The van der Waals surface area contributed by atoms with Gasteiger partial charge in [-0.15, -0.1) is 0 Å². The van der Waals surface area contributed by atoms with Gasteiger partial charge in [0.1, 0.15) is 17.3 Å². The van der Waals surface area contributed by atoms with Crippen molar-refractivity contribution >= 4 is 5.91 Å². The Bertz CT molecular complexity index is 643. The van der Waals surface area contributed by atoms with Crippen molar-refractivity contribution in [2.75, 3.05) is 33.4 Å². The predicted molar refractivity (Wildman–Crippen MR) is 90.2 cm³/mol. The molecule has 0 radical (unpaired) electrons. The molecule has 0 unspecified atom stereocenters. The van der Waals surface area contributed by atoms with Crippen molar-refractivity contribution < 1.29 is 18.3 Å². The number of hydrogen-bond acceptors (Lipinski definition) is 4. The molecule has 0 aliphatic rings. The van der Waals surface area contributed by atoms with Gasteiger partial charge in [0, 0.05) is 39.6 Å². The molecule has 0 aliphatic heterocycles. The van der Waals surface area contributed by atoms with Gasteiger partial charge in [-0.2, -0.15) is 0 Å². The zero-order chi connectivity index (χ0) is 17.2. The molecule has 1 heterocycles. The largest absolute Gasteiger partial charge is 0.461 e. The Hall–Kier alpha value is -2.18. The van der Waals surface area contributed by atoms with Crippen molar-refractivity contribution in [2.24, 2.45) is 0 Å². The van der Waals surface area contributed by atoms with Gasteiger partial charge in [0.05, 0.1) is 12.2 Å². The highest BCUT2D eigenvalue weighted by atomic mass is 19.1. The summed E-state index contributed by atoms with van der Waals surface area (Å²) in [5, 5.41) is 5.98. The van der Waals surface area contributed by atoms with Crippen LogP contribution in [0.5, 0.6) is 0 Å². The van der Waals surface area contributed by atoms with Gasteiger partial charge in [0.15, 0.2) is 0 Å². The minimum Gasteiger partial charge on any atom is -0.461 e. The van der Waals surface area contributed by atoms with Gasteiger partial charge in [0.2, 0.25) is 5.91 Å². The summed E-state index contributed by atoms with van der Waals surface area (Å²) < 4.78 is 24.3. The number of nitrogens with one attached hydrogen (secondary N) is 2. The number of carbonyl (C=O) groups is 1. The first-order chi connectivity index (χ1) is 11.7. The summed E-state index contributed by atoms with van der Waals surface area (Å²) in [6.07, 6.45) is 0.819. The number of halogens is 1. The minimum atomic E-state index is -0.322. The zero-order valence-corrected chi connectivity index (χ0v) is 13.8. The van der Waals surface area contributed by atoms with Crippen LogP contribution in [0, 0.1) is 5.82 Å². The molecule has 5 nitrogen and oxygen atoms in total. The number of furan rings is 1. The van der Waals surface area contributed by atoms with Crippen LogP contribution in [0.2, 0.25) is 0 Å². The van der Waals surface area contributed by atoms with Crippen molar-refractivity contribution in [1.29, 1.82) is 0 Å². The number of methoxy groups -OCH3 is 1. The monoisotopic (exact) mass is 334 g/mol. The number of rotatable bonds is 10. The number of aryl methyl sites for hydroxylation is 1. The van der Waals surface area contributed by atoms with E-state index in [1.165, 1.54) is 6.07 Å². The van der Waals surface area contributed by atoms with Gasteiger partial charge in [-0.25, -0.2) is 4.39 Å². The second kappa shape index (κ2) is 9.85. The van der Waals surface area contributed by atoms with Crippen LogP contribution in [0.1, 0.15) is 12.2 Å². The number of amides is 1. The number of benzene rings is 1. The van der Waals surface area contributed by atoms with E-state index in [1.54, 1.807) is 37.4 Å². The van der Waals surface area contributed by atoms with Crippen molar-refractivity contribution in [2.45, 2.75) is 12.8 Å². The zero-order valence-electron chi connectivity index (χ0n) is 13.8. The normalized spacial score (nSPS) is 10.8. The van der Waals surface area contributed by atoms with Crippen LogP contribution in [-0.2, 0) is 16.0 Å². The summed E-state index contributed by atoms with van der Waals surface area (Å²) in [5.74, 6) is 0.789. The van der Waals surface area contributed by atoms with Crippen molar-refractivity contribution in [1.82, 2.24) is 10.6 Å². The summed E-state index contributed by atoms with van der Waals surface area (Å²) in [6, 6.07) is 9.96. The standard InChI is InChI=1S/C18H23FN2O3/c1-23-13-12-20-10-11-21-18(22)9-7-14-6-8-17(24-14)15-4-2-3-5-16(15)19/h2-6,8,20H,7,9-13H2,1H3,(H,21,22). The highest BCUT2D eigenvalue weighted by molar-refractivity contribution is 5.76. The summed E-state index contributed by atoms with van der Waals surface area (Å²) in [5.41, 5.74) is 0.426. The van der Waals surface area contributed by atoms with Crippen molar-refractivity contribution in [3.8, 4) is 11.3 Å². The van der Waals surface area contributed by atoms with E-state index in [0.29, 0.717) is 49.6 Å². The summed E-state index contributed by atoms with van der Waals surface area (Å²) in [7, 11) is 1.65. The molecule has 0 bridgehead atoms. The lowest BCUT2D eigenvalue weighted by molar-refractivity contribution is -0.121. The van der Waals surface area contributed by atoms with Crippen LogP contribution in [0.15, 0.2) is 40.8 Å². The Balaban J connectivity index is 1.71. The fraction of sp³-hybridized carbons (Fsp3) is 0.389. The maximum atomic E-state index is 13.7. The van der Waals surface area contributed by atoms with Crippen LogP contribution in [0.4, 0.5) is 4.39 Å². The molecule has 130 valence electrons. The second-order valence-electron chi connectivity index (χ2n) is 5.34. The first-order valence-corrected chi connectivity index (χ1v) is 8.00. The average molecular weight is 334 g/mol. The third-order valence-corrected chi connectivity index (χ3v) is 3.51. The second-order valence-corrected chi connectivity index (χ2v) is 5.34. The molecule has 1 amide bonds. The first-order valence-electron chi connectivity index (χ1n) is 8.00. The van der Waals surface area contributed by atoms with Crippen molar-refractivity contribution in [3.05, 3.63) is 48.0 Å². The molecule has 0 aliphatic carbocycles. The molecule has 0 saturated carbocycles. The average Bonchev–Trinajstić information content (AvgIpc) is 3.05. The maximum Gasteiger partial charge on any atom is 0.220 e. The van der Waals surface area contributed by atoms with Crippen LogP contribution >= 0.6 is 0 Å². The lowest BCUT2D eigenvalue weighted by Crippen LogP contribution is -2.33. The fourth-order valence-electron chi connectivity index (χ4n) is 2.23. The van der Waals surface area contributed by atoms with E-state index < -0.39 is 0 Å². The van der Waals surface area contributed by atoms with Gasteiger partial charge < -0.3 is 19.8 Å². The summed E-state index contributed by atoms with van der Waals surface area (Å²) >= 11 is 0. The molecule has 0 fully saturated rings. The van der Waals surface area contributed by atoms with Crippen LogP contribution < -0.4 is 10.6 Å². The Kier molecular flexibility index (Phi) is 7.45. The molecule has 0 saturated heterocycles. The Labute approximate surface area is 141 Å². The topological polar surface area (TPSA) is 63.5 Å². The van der Waals surface area contributed by atoms with Crippen molar-refractivity contribution in [3.63, 3.8) is 0 Å². The minimum absolute atomic E-state index is 0.0348. The van der Waals surface area contributed by atoms with E-state index in [-0.39, 0.29) is 11.7 Å². The summed E-state index contributed by atoms with van der Waals surface area (Å²) in [4.78, 5) is 11.8. The predicted octanol–water partition coefficient (Wildman–Crippen LogP) is 2.37. The van der Waals surface area contributed by atoms with Gasteiger partial charge in [-0.05, 0) is 24.3 Å². The highest BCUT2D eigenvalue weighted by Gasteiger charge is 2.10. The van der Waals surface area contributed by atoms with E-state index in [1.807, 2.05) is 0 Å². The fourth-order valence-corrected chi connectivity index (χ4v) is 2.23. The Morgan fingerprint density at radius 2 is 2.00 bits per heavy atom. The number of carbonyl (C=O) groups excluding carboxylic acids is 1. The molecule has 24 heavy (non-hydrogen) atoms. The van der Waals surface area contributed by atoms with Gasteiger partial charge in [-0.3, -0.25) is 4.79 Å². The molecule has 2 aromatic rings. The van der Waals surface area contributed by atoms with E-state index in [9.17, 15) is 9.18 Å². The van der Waals surface area contributed by atoms with Gasteiger partial charge in [-0.1, -0.05) is 12.1 Å². The highest BCUT2D eigenvalue weighted by Crippen LogP contribution is 2.25. The van der Waals surface area contributed by atoms with Crippen LogP contribution in [0.3, 0.4) is 0 Å². The van der Waals surface area contributed by atoms with E-state index in [0.717, 1.165) is 6.54 Å². The molecule has 6 heteroatoms. The first kappa shape index (κ1) is 18.2. The Morgan fingerprint density at radius 3 is 2.79 bits per heavy atom. The third-order valence-electron chi connectivity index (χ3n) is 3.51. The smallest absolute Gasteiger partial charge is 0.220 e. The molecule has 0 spiro atoms. The molecular formula is C18H23FN2O3. The molecule has 1 aromatic carbocycles. The third kappa shape index (κ3) is 5.79. The quantitative estimate of drug-likeness (QED) is 0.655. The summed E-state index contributed by atoms with van der Waals surface area (Å²) in [6.45, 7) is 2.68. The number of hydrogen-bond donors (Lipinski definition) is 2. The van der Waals surface area contributed by atoms with E-state index >= 15 is 0 Å². The van der Waals surface area contributed by atoms with Gasteiger partial charge >= 0.3 is 0 Å². The van der Waals surface area contributed by atoms with Crippen LogP contribution in [-0.4, -0.2) is 39.3 Å². The molecule has 0 atom stereocenters. The molecule has 2 N–H and O–H groups in total. The van der Waals surface area contributed by atoms with Crippen LogP contribution in [0.25, 0.3) is 11.3 Å². The number of ether oxygens (including phenoxy) is 1. The molecule has 2 rings (SSSR count). The van der Waals surface area contributed by atoms with Gasteiger partial charge in [0.25, 0.3) is 0 Å². The lowest BCUT2D eigenvalue weighted by Gasteiger charge is -2.06. The van der Waals surface area contributed by atoms with E-state index in [2.05, 4.69) is 10.6 Å². The SMILES string of the molecule is COCCNCCNC(=O)CCc1ccc(-c2ccccc2F)o1. The maximum absolute atomic E-state index is 13.7. The molecule has 1 aromatic heterocycles. The Morgan fingerprint density at radius 1 is 1.17 bits per heavy atom. The lowest BCUT2D eigenvalue weighted by atomic mass is 10.1. The van der Waals surface area contributed by atoms with E-state index in [4.69, 9.17) is 9.15 Å².